The van der Waals surface area contributed by atoms with E-state index in [1.807, 2.05) is 54.6 Å². The van der Waals surface area contributed by atoms with Crippen LogP contribution in [0.4, 0.5) is 9.18 Å². The summed E-state index contributed by atoms with van der Waals surface area (Å²) in [6.07, 6.45) is 0.598. The summed E-state index contributed by atoms with van der Waals surface area (Å²) in [7, 11) is 0. The van der Waals surface area contributed by atoms with Crippen LogP contribution in [0, 0.1) is 11.7 Å². The van der Waals surface area contributed by atoms with Gasteiger partial charge >= 0.3 is 12.1 Å². The molecule has 13 nitrogen and oxygen atoms in total. The number of rotatable bonds is 17. The van der Waals surface area contributed by atoms with Crippen LogP contribution < -0.4 is 25.7 Å². The van der Waals surface area contributed by atoms with Crippen LogP contribution >= 0.6 is 0 Å². The number of aromatic amines is 1. The lowest BCUT2D eigenvalue weighted by Crippen LogP contribution is -2.52. The number of nitrogens with zero attached hydrogens (tertiary/aromatic N) is 1. The number of ether oxygens (including phenoxy) is 4. The molecular formula is C49H49FN4O9. The first kappa shape index (κ1) is 42.9. The van der Waals surface area contributed by atoms with E-state index in [0.717, 1.165) is 49.2 Å². The third kappa shape index (κ3) is 10.8. The van der Waals surface area contributed by atoms with Gasteiger partial charge in [-0.1, -0.05) is 66.7 Å². The summed E-state index contributed by atoms with van der Waals surface area (Å²) in [5.41, 5.74) is 3.93. The molecule has 3 aliphatic rings. The van der Waals surface area contributed by atoms with Gasteiger partial charge in [0.1, 0.15) is 37.4 Å². The number of carbonyl (C=O) groups is 2. The number of benzene rings is 5. The molecule has 14 heteroatoms. The number of aromatic hydroxyl groups is 1. The fourth-order valence-electron chi connectivity index (χ4n) is 8.18. The highest BCUT2D eigenvalue weighted by Crippen LogP contribution is 2.32. The van der Waals surface area contributed by atoms with E-state index in [9.17, 15) is 29.0 Å². The van der Waals surface area contributed by atoms with E-state index in [4.69, 9.17) is 18.9 Å². The lowest BCUT2D eigenvalue weighted by Gasteiger charge is -2.43. The number of nitrogens with one attached hydrogen (secondary N) is 3. The molecule has 0 radical (unpaired) electrons. The number of alkyl carbamates (subject to hydrolysis) is 1. The second kappa shape index (κ2) is 20.0. The van der Waals surface area contributed by atoms with Gasteiger partial charge in [0.15, 0.2) is 11.6 Å². The Morgan fingerprint density at radius 3 is 2.38 bits per heavy atom. The minimum absolute atomic E-state index is 0.00305. The number of phenolic OH excluding ortho intramolecular Hbond substituents is 1. The molecule has 0 spiro atoms. The third-order valence-corrected chi connectivity index (χ3v) is 11.5. The zero-order valence-electron chi connectivity index (χ0n) is 34.5. The molecule has 3 aliphatic heterocycles. The lowest BCUT2D eigenvalue weighted by molar-refractivity contribution is -0.0336. The monoisotopic (exact) mass is 856 g/mol. The number of hydrogen-bond acceptors (Lipinski definition) is 11. The predicted molar refractivity (Wildman–Crippen MR) is 233 cm³/mol. The van der Waals surface area contributed by atoms with Crippen molar-refractivity contribution in [2.75, 3.05) is 39.4 Å². The summed E-state index contributed by atoms with van der Waals surface area (Å²) < 4.78 is 37.9. The van der Waals surface area contributed by atoms with Crippen molar-refractivity contribution in [2.24, 2.45) is 5.92 Å². The number of aromatic nitrogens is 1. The van der Waals surface area contributed by atoms with Gasteiger partial charge in [-0.15, -0.1) is 0 Å². The molecule has 2 unspecified atom stereocenters. The van der Waals surface area contributed by atoms with Crippen LogP contribution in [-0.2, 0) is 22.6 Å². The Morgan fingerprint density at radius 2 is 1.62 bits per heavy atom. The van der Waals surface area contributed by atoms with Gasteiger partial charge in [-0.2, -0.15) is 0 Å². The number of aliphatic hydroxyl groups excluding tert-OH is 1. The number of piperidine rings is 3. The van der Waals surface area contributed by atoms with Gasteiger partial charge in [0.2, 0.25) is 5.56 Å². The van der Waals surface area contributed by atoms with Gasteiger partial charge in [-0.05, 0) is 108 Å². The minimum Gasteiger partial charge on any atom is -0.506 e. The van der Waals surface area contributed by atoms with Crippen molar-refractivity contribution in [1.82, 2.24) is 20.5 Å². The third-order valence-electron chi connectivity index (χ3n) is 11.5. The van der Waals surface area contributed by atoms with E-state index in [1.165, 1.54) is 24.3 Å². The van der Waals surface area contributed by atoms with Crippen LogP contribution in [0.25, 0.3) is 10.9 Å². The molecule has 2 bridgehead atoms. The highest BCUT2D eigenvalue weighted by molar-refractivity contribution is 5.89. The van der Waals surface area contributed by atoms with E-state index in [2.05, 4.69) is 20.5 Å². The summed E-state index contributed by atoms with van der Waals surface area (Å²) >= 11 is 0. The lowest BCUT2D eigenvalue weighted by atomic mass is 9.86. The normalized spacial score (nSPS) is 17.7. The van der Waals surface area contributed by atoms with Gasteiger partial charge in [0.05, 0.1) is 23.2 Å². The van der Waals surface area contributed by atoms with E-state index in [1.54, 1.807) is 42.5 Å². The zero-order chi connectivity index (χ0) is 43.7. The summed E-state index contributed by atoms with van der Waals surface area (Å²) in [4.78, 5) is 42.6. The molecule has 9 rings (SSSR count). The van der Waals surface area contributed by atoms with Crippen LogP contribution in [0.2, 0.25) is 0 Å². The smallest absolute Gasteiger partial charge is 0.408 e. The number of carbonyl (C=O) groups excluding carboxylic acids is 2. The van der Waals surface area contributed by atoms with Crippen molar-refractivity contribution in [3.8, 4) is 17.2 Å². The van der Waals surface area contributed by atoms with Crippen molar-refractivity contribution in [1.29, 1.82) is 0 Å². The summed E-state index contributed by atoms with van der Waals surface area (Å²) in [5.74, 6) is -0.221. The Hall–Kier alpha value is -6.74. The first-order valence-electron chi connectivity index (χ1n) is 21.0. The summed E-state index contributed by atoms with van der Waals surface area (Å²) in [6.45, 7) is 3.36. The predicted octanol–water partition coefficient (Wildman–Crippen LogP) is 6.92. The molecule has 0 aliphatic carbocycles. The maximum Gasteiger partial charge on any atom is 0.408 e. The summed E-state index contributed by atoms with van der Waals surface area (Å²) in [5, 5.41) is 27.6. The number of pyridine rings is 1. The number of hydrogen-bond donors (Lipinski definition) is 5. The topological polar surface area (TPSA) is 172 Å². The van der Waals surface area contributed by atoms with Gasteiger partial charge in [0.25, 0.3) is 0 Å². The molecule has 63 heavy (non-hydrogen) atoms. The van der Waals surface area contributed by atoms with Crippen molar-refractivity contribution < 1.29 is 43.1 Å². The maximum absolute atomic E-state index is 14.9. The van der Waals surface area contributed by atoms with Crippen LogP contribution in [0.5, 0.6) is 17.2 Å². The number of amides is 1. The number of aliphatic hydroxyl groups is 1. The fraction of sp³-hybridized carbons (Fsp3) is 0.286. The molecular weight excluding hydrogens is 808 g/mol. The molecule has 6 aromatic rings. The average Bonchev–Trinajstić information content (AvgIpc) is 3.30. The minimum atomic E-state index is -0.960. The van der Waals surface area contributed by atoms with Crippen LogP contribution in [-0.4, -0.2) is 77.7 Å². The standard InChI is InChI=1S/C49H49FN4O9/c50-40-25-32(27-51-28-42(56)38-14-16-41(55)47-39(38)15-18-45(57)52-47)11-17-43(40)60-23-24-61-48(58)35-12-9-31(10-13-35)30-62-37-8-4-7-36(26-37)46(34-5-2-1-3-6-34)53-49(59)63-44-29-54-21-19-33(44)20-22-54/h1-18,25-26,33,42,44,46,51,55-56H,19-24,27-30H2,(H,52,57)(H,53,59)/t42?,44?,46-/m0/s1. The second-order valence-corrected chi connectivity index (χ2v) is 15.8. The number of halogens is 1. The molecule has 3 fully saturated rings. The van der Waals surface area contributed by atoms with E-state index in [-0.39, 0.29) is 61.6 Å². The molecule has 0 saturated carbocycles. The Kier molecular flexibility index (Phi) is 13.6. The van der Waals surface area contributed by atoms with Gasteiger partial charge < -0.3 is 44.8 Å². The molecule has 1 aromatic heterocycles. The molecule has 3 atom stereocenters. The highest BCUT2D eigenvalue weighted by atomic mass is 19.1. The van der Waals surface area contributed by atoms with E-state index in [0.29, 0.717) is 33.7 Å². The Bertz CT molecular complexity index is 2580. The molecule has 5 N–H and O–H groups in total. The van der Waals surface area contributed by atoms with Gasteiger partial charge in [-0.25, -0.2) is 14.0 Å². The largest absolute Gasteiger partial charge is 0.506 e. The van der Waals surface area contributed by atoms with Crippen molar-refractivity contribution in [3.63, 3.8) is 0 Å². The van der Waals surface area contributed by atoms with Crippen molar-refractivity contribution in [2.45, 2.75) is 44.2 Å². The number of phenols is 1. The quantitative estimate of drug-likeness (QED) is 0.0477. The Labute approximate surface area is 363 Å². The molecule has 5 aromatic carbocycles. The number of H-pyrrole nitrogens is 1. The van der Waals surface area contributed by atoms with Crippen LogP contribution in [0.15, 0.2) is 126 Å². The molecule has 326 valence electrons. The number of esters is 1. The van der Waals surface area contributed by atoms with Crippen molar-refractivity contribution in [3.05, 3.63) is 171 Å². The SMILES string of the molecule is O=C(N[C@@H](c1ccccc1)c1cccc(OCc2ccc(C(=O)OCCOc3ccc(CNCC(O)c4ccc(O)c5[nH]c(=O)ccc45)cc3F)cc2)c1)OC1CN2CCC1CC2. The van der Waals surface area contributed by atoms with Gasteiger partial charge in [-0.3, -0.25) is 9.69 Å². The van der Waals surface area contributed by atoms with E-state index < -0.39 is 30.0 Å². The van der Waals surface area contributed by atoms with Gasteiger partial charge in [0, 0.05) is 31.1 Å². The van der Waals surface area contributed by atoms with Crippen LogP contribution in [0.3, 0.4) is 0 Å². The first-order chi connectivity index (χ1) is 30.7. The number of fused-ring (bicyclic) bond motifs is 4. The highest BCUT2D eigenvalue weighted by Gasteiger charge is 2.37. The molecule has 4 heterocycles. The summed E-state index contributed by atoms with van der Waals surface area (Å²) in [6, 6.07) is 34.1. The van der Waals surface area contributed by atoms with Crippen molar-refractivity contribution >= 4 is 23.0 Å². The first-order valence-corrected chi connectivity index (χ1v) is 21.0. The molecule has 1 amide bonds. The maximum atomic E-state index is 14.9. The average molecular weight is 857 g/mol. The fourth-order valence-corrected chi connectivity index (χ4v) is 8.18. The van der Waals surface area contributed by atoms with Crippen LogP contribution in [0.1, 0.15) is 63.2 Å². The Balaban J connectivity index is 0.773. The van der Waals surface area contributed by atoms with E-state index >= 15 is 0 Å². The second-order valence-electron chi connectivity index (χ2n) is 15.8. The zero-order valence-corrected chi connectivity index (χ0v) is 34.5. The molecule has 3 saturated heterocycles. The Morgan fingerprint density at radius 1 is 0.841 bits per heavy atom.